The number of amides is 2. The molecule has 1 aliphatic heterocycles. The van der Waals surface area contributed by atoms with Crippen LogP contribution < -0.4 is 5.32 Å². The Labute approximate surface area is 131 Å². The molecule has 0 aromatic heterocycles. The fraction of sp³-hybridized carbons (Fsp3) is 0.533. The van der Waals surface area contributed by atoms with Crippen molar-refractivity contribution in [3.05, 3.63) is 35.9 Å². The van der Waals surface area contributed by atoms with Crippen LogP contribution in [0.3, 0.4) is 0 Å². The van der Waals surface area contributed by atoms with Gasteiger partial charge in [0, 0.05) is 13.1 Å². The van der Waals surface area contributed by atoms with Crippen LogP contribution in [0, 0.1) is 0 Å². The maximum atomic E-state index is 12.0. The summed E-state index contributed by atoms with van der Waals surface area (Å²) in [6.07, 6.45) is 0. The Bertz CT molecular complexity index is 589. The van der Waals surface area contributed by atoms with E-state index in [9.17, 15) is 13.2 Å². The Balaban J connectivity index is 1.78. The van der Waals surface area contributed by atoms with Gasteiger partial charge in [-0.15, -0.1) is 0 Å². The van der Waals surface area contributed by atoms with Gasteiger partial charge in [-0.2, -0.15) is 0 Å². The standard InChI is InChI=1S/C15H22N2O4S/c1-13-11-21-9-8-17(13)15(18)16-7-10-22(19,20)12-14-5-3-2-4-6-14/h2-6,13H,7-12H2,1H3,(H,16,18)/t13-/m0/s1. The van der Waals surface area contributed by atoms with Crippen molar-refractivity contribution >= 4 is 15.9 Å². The first-order valence-corrected chi connectivity index (χ1v) is 9.16. The molecule has 22 heavy (non-hydrogen) atoms. The fourth-order valence-electron chi connectivity index (χ4n) is 2.34. The maximum Gasteiger partial charge on any atom is 0.317 e. The summed E-state index contributed by atoms with van der Waals surface area (Å²) in [5.41, 5.74) is 0.760. The van der Waals surface area contributed by atoms with Crippen LogP contribution in [0.1, 0.15) is 12.5 Å². The van der Waals surface area contributed by atoms with Gasteiger partial charge in [-0.3, -0.25) is 0 Å². The molecule has 7 heteroatoms. The summed E-state index contributed by atoms with van der Waals surface area (Å²) >= 11 is 0. The number of hydrogen-bond acceptors (Lipinski definition) is 4. The summed E-state index contributed by atoms with van der Waals surface area (Å²) in [4.78, 5) is 13.7. The molecule has 2 amide bonds. The molecule has 0 spiro atoms. The van der Waals surface area contributed by atoms with E-state index in [-0.39, 0.29) is 30.1 Å². The Morgan fingerprint density at radius 3 is 2.77 bits per heavy atom. The van der Waals surface area contributed by atoms with Gasteiger partial charge in [-0.05, 0) is 12.5 Å². The molecule has 1 N–H and O–H groups in total. The molecule has 6 nitrogen and oxygen atoms in total. The molecule has 0 saturated carbocycles. The van der Waals surface area contributed by atoms with Crippen molar-refractivity contribution in [1.82, 2.24) is 10.2 Å². The van der Waals surface area contributed by atoms with Gasteiger partial charge in [0.25, 0.3) is 0 Å². The van der Waals surface area contributed by atoms with Gasteiger partial charge >= 0.3 is 6.03 Å². The highest BCUT2D eigenvalue weighted by atomic mass is 32.2. The molecule has 1 atom stereocenters. The van der Waals surface area contributed by atoms with Crippen LogP contribution in [-0.4, -0.2) is 57.4 Å². The number of carbonyl (C=O) groups excluding carboxylic acids is 1. The number of carbonyl (C=O) groups is 1. The first-order chi connectivity index (χ1) is 10.5. The summed E-state index contributed by atoms with van der Waals surface area (Å²) < 4.78 is 29.3. The number of rotatable bonds is 5. The van der Waals surface area contributed by atoms with Crippen LogP contribution in [-0.2, 0) is 20.3 Å². The Morgan fingerprint density at radius 1 is 1.36 bits per heavy atom. The lowest BCUT2D eigenvalue weighted by atomic mass is 10.2. The summed E-state index contributed by atoms with van der Waals surface area (Å²) in [6, 6.07) is 8.82. The number of urea groups is 1. The molecule has 122 valence electrons. The van der Waals surface area contributed by atoms with Gasteiger partial charge in [0.2, 0.25) is 0 Å². The van der Waals surface area contributed by atoms with Gasteiger partial charge in [-0.25, -0.2) is 13.2 Å². The molecule has 0 aliphatic carbocycles. The smallest absolute Gasteiger partial charge is 0.317 e. The van der Waals surface area contributed by atoms with Crippen LogP contribution in [0.5, 0.6) is 0 Å². The van der Waals surface area contributed by atoms with E-state index in [1.165, 1.54) is 0 Å². The number of sulfone groups is 1. The number of benzene rings is 1. The molecule has 1 fully saturated rings. The molecule has 2 rings (SSSR count). The number of morpholine rings is 1. The van der Waals surface area contributed by atoms with Crippen molar-refractivity contribution < 1.29 is 17.9 Å². The van der Waals surface area contributed by atoms with Crippen molar-refractivity contribution in [2.24, 2.45) is 0 Å². The third kappa shape index (κ3) is 4.99. The fourth-order valence-corrected chi connectivity index (χ4v) is 3.60. The minimum atomic E-state index is -3.23. The van der Waals surface area contributed by atoms with Crippen molar-refractivity contribution in [2.75, 3.05) is 32.1 Å². The van der Waals surface area contributed by atoms with Gasteiger partial charge in [0.05, 0.1) is 30.8 Å². The van der Waals surface area contributed by atoms with Gasteiger partial charge in [0.15, 0.2) is 9.84 Å². The maximum absolute atomic E-state index is 12.0. The number of hydrogen-bond donors (Lipinski definition) is 1. The molecule has 1 aromatic carbocycles. The molecule has 1 saturated heterocycles. The number of ether oxygens (including phenoxy) is 1. The highest BCUT2D eigenvalue weighted by molar-refractivity contribution is 7.90. The summed E-state index contributed by atoms with van der Waals surface area (Å²) in [5.74, 6) is -0.0655. The molecule has 0 radical (unpaired) electrons. The highest BCUT2D eigenvalue weighted by Gasteiger charge is 2.23. The average Bonchev–Trinajstić information content (AvgIpc) is 2.48. The summed E-state index contributed by atoms with van der Waals surface area (Å²) in [6.45, 7) is 3.59. The lowest BCUT2D eigenvalue weighted by Gasteiger charge is -2.33. The zero-order valence-corrected chi connectivity index (χ0v) is 13.5. The first kappa shape index (κ1) is 16.8. The van der Waals surface area contributed by atoms with E-state index in [0.29, 0.717) is 19.8 Å². The Hall–Kier alpha value is -1.60. The highest BCUT2D eigenvalue weighted by Crippen LogP contribution is 2.07. The lowest BCUT2D eigenvalue weighted by molar-refractivity contribution is 0.0192. The van der Waals surface area contributed by atoms with Crippen LogP contribution in [0.15, 0.2) is 30.3 Å². The predicted octanol–water partition coefficient (Wildman–Crippen LogP) is 1.03. The lowest BCUT2D eigenvalue weighted by Crippen LogP contribution is -2.51. The van der Waals surface area contributed by atoms with Crippen molar-refractivity contribution in [3.63, 3.8) is 0 Å². The SMILES string of the molecule is C[C@H]1COCCN1C(=O)NCCS(=O)(=O)Cc1ccccc1. The van der Waals surface area contributed by atoms with E-state index in [1.54, 1.807) is 17.0 Å². The van der Waals surface area contributed by atoms with Crippen molar-refractivity contribution in [1.29, 1.82) is 0 Å². The van der Waals surface area contributed by atoms with E-state index in [1.807, 2.05) is 25.1 Å². The van der Waals surface area contributed by atoms with Crippen LogP contribution in [0.4, 0.5) is 4.79 Å². The summed E-state index contributed by atoms with van der Waals surface area (Å²) in [7, 11) is -3.23. The molecule has 1 aliphatic rings. The van der Waals surface area contributed by atoms with E-state index < -0.39 is 9.84 Å². The molecule has 0 bridgehead atoms. The second-order valence-corrected chi connectivity index (χ2v) is 7.61. The number of nitrogens with one attached hydrogen (secondary N) is 1. The van der Waals surface area contributed by atoms with Crippen LogP contribution in [0.25, 0.3) is 0 Å². The van der Waals surface area contributed by atoms with E-state index in [0.717, 1.165) is 5.56 Å². The van der Waals surface area contributed by atoms with Gasteiger partial charge < -0.3 is 15.0 Å². The normalized spacial score (nSPS) is 19.0. The minimum absolute atomic E-state index is 0.00231. The first-order valence-electron chi connectivity index (χ1n) is 7.34. The van der Waals surface area contributed by atoms with E-state index >= 15 is 0 Å². The molecule has 0 unspecified atom stereocenters. The van der Waals surface area contributed by atoms with Crippen LogP contribution >= 0.6 is 0 Å². The quantitative estimate of drug-likeness (QED) is 0.877. The zero-order valence-electron chi connectivity index (χ0n) is 12.7. The molecule has 1 aromatic rings. The minimum Gasteiger partial charge on any atom is -0.377 e. The van der Waals surface area contributed by atoms with Gasteiger partial charge in [-0.1, -0.05) is 30.3 Å². The third-order valence-electron chi connectivity index (χ3n) is 3.55. The number of nitrogens with zero attached hydrogens (tertiary/aromatic N) is 1. The Morgan fingerprint density at radius 2 is 2.09 bits per heavy atom. The molecule has 1 heterocycles. The van der Waals surface area contributed by atoms with E-state index in [2.05, 4.69) is 5.32 Å². The summed E-state index contributed by atoms with van der Waals surface area (Å²) in [5, 5.41) is 2.68. The Kier molecular flexibility index (Phi) is 5.79. The zero-order chi connectivity index (χ0) is 16.0. The average molecular weight is 326 g/mol. The van der Waals surface area contributed by atoms with Crippen molar-refractivity contribution in [3.8, 4) is 0 Å². The second kappa shape index (κ2) is 7.60. The topological polar surface area (TPSA) is 75.7 Å². The molecular formula is C15H22N2O4S. The van der Waals surface area contributed by atoms with Crippen molar-refractivity contribution in [2.45, 2.75) is 18.7 Å². The predicted molar refractivity (Wildman–Crippen MR) is 84.3 cm³/mol. The monoisotopic (exact) mass is 326 g/mol. The van der Waals surface area contributed by atoms with Gasteiger partial charge in [0.1, 0.15) is 0 Å². The van der Waals surface area contributed by atoms with E-state index in [4.69, 9.17) is 4.74 Å². The second-order valence-electron chi connectivity index (χ2n) is 5.43. The van der Waals surface area contributed by atoms with Crippen LogP contribution in [0.2, 0.25) is 0 Å². The largest absolute Gasteiger partial charge is 0.377 e. The third-order valence-corrected chi connectivity index (χ3v) is 5.15. The molecular weight excluding hydrogens is 304 g/mol.